The van der Waals surface area contributed by atoms with E-state index in [1.165, 1.54) is 29.4 Å². The molecule has 8 nitrogen and oxygen atoms in total. The van der Waals surface area contributed by atoms with Gasteiger partial charge < -0.3 is 14.5 Å². The summed E-state index contributed by atoms with van der Waals surface area (Å²) in [5.74, 6) is -2.61. The predicted octanol–water partition coefficient (Wildman–Crippen LogP) is 2.03. The maximum atomic E-state index is 15.0. The number of pyridine rings is 1. The van der Waals surface area contributed by atoms with Gasteiger partial charge in [-0.05, 0) is 26.0 Å². The Kier molecular flexibility index (Phi) is 5.43. The molecule has 32 heavy (non-hydrogen) atoms. The van der Waals surface area contributed by atoms with Crippen molar-refractivity contribution in [1.29, 1.82) is 0 Å². The topological polar surface area (TPSA) is 80.6 Å². The van der Waals surface area contributed by atoms with Crippen LogP contribution in [0.25, 0.3) is 0 Å². The number of aromatic nitrogens is 3. The minimum Gasteiger partial charge on any atom is -0.377 e. The van der Waals surface area contributed by atoms with E-state index in [0.717, 1.165) is 11.8 Å². The standard InChI is InChI=1S/C20H21F4N5O3/c1-12-10-32-7-6-27(12)16-15(21)17(31)28-11-19(2,20(22,23)24)29(18(28)26-16)9-14(30)13-4-3-5-25-8-13/h3-5,8,12H,6-7,9-11H2,1-2H3. The summed E-state index contributed by atoms with van der Waals surface area (Å²) in [4.78, 5) is 35.7. The van der Waals surface area contributed by atoms with Gasteiger partial charge >= 0.3 is 6.18 Å². The lowest BCUT2D eigenvalue weighted by molar-refractivity contribution is -0.181. The van der Waals surface area contributed by atoms with Gasteiger partial charge in [-0.1, -0.05) is 0 Å². The zero-order chi connectivity index (χ0) is 23.3. The number of carbonyl (C=O) groups excluding carboxylic acids is 1. The Morgan fingerprint density at radius 3 is 2.75 bits per heavy atom. The van der Waals surface area contributed by atoms with Gasteiger partial charge in [0.05, 0.1) is 32.3 Å². The zero-order valence-corrected chi connectivity index (χ0v) is 17.4. The summed E-state index contributed by atoms with van der Waals surface area (Å²) in [5, 5.41) is 0. The van der Waals surface area contributed by atoms with Gasteiger partial charge in [-0.15, -0.1) is 0 Å². The molecular weight excluding hydrogens is 434 g/mol. The molecule has 172 valence electrons. The van der Waals surface area contributed by atoms with Crippen molar-refractivity contribution in [3.63, 3.8) is 0 Å². The quantitative estimate of drug-likeness (QED) is 0.516. The number of Topliss-reactive ketones (excluding diaryl/α,β-unsaturated/α-hetero) is 1. The number of anilines is 2. The monoisotopic (exact) mass is 455 g/mol. The first kappa shape index (κ1) is 22.2. The molecule has 2 aromatic rings. The molecule has 4 heterocycles. The van der Waals surface area contributed by atoms with Crippen LogP contribution < -0.4 is 15.4 Å². The number of fused-ring (bicyclic) bond motifs is 1. The molecule has 0 aromatic carbocycles. The van der Waals surface area contributed by atoms with E-state index >= 15 is 0 Å². The largest absolute Gasteiger partial charge is 0.413 e. The van der Waals surface area contributed by atoms with Crippen molar-refractivity contribution >= 4 is 17.5 Å². The molecule has 0 saturated carbocycles. The fraction of sp³-hybridized carbons (Fsp3) is 0.500. The summed E-state index contributed by atoms with van der Waals surface area (Å²) in [6, 6.07) is 2.58. The van der Waals surface area contributed by atoms with Crippen LogP contribution in [-0.4, -0.2) is 64.4 Å². The zero-order valence-electron chi connectivity index (χ0n) is 17.4. The Hall–Kier alpha value is -3.02. The van der Waals surface area contributed by atoms with E-state index in [1.807, 2.05) is 0 Å². The van der Waals surface area contributed by atoms with E-state index in [0.29, 0.717) is 4.57 Å². The van der Waals surface area contributed by atoms with Crippen LogP contribution in [0.5, 0.6) is 0 Å². The SMILES string of the molecule is CC1COCCN1c1nc2n(c(=O)c1F)CC(C)(C(F)(F)F)N2CC(=O)c1cccnc1. The molecule has 2 unspecified atom stereocenters. The number of hydrogen-bond acceptors (Lipinski definition) is 7. The first-order valence-electron chi connectivity index (χ1n) is 9.97. The van der Waals surface area contributed by atoms with Gasteiger partial charge in [-0.2, -0.15) is 22.5 Å². The first-order chi connectivity index (χ1) is 15.0. The van der Waals surface area contributed by atoms with Crippen LogP contribution in [0.2, 0.25) is 0 Å². The van der Waals surface area contributed by atoms with Gasteiger partial charge in [-0.25, -0.2) is 0 Å². The number of rotatable bonds is 4. The molecule has 2 aromatic heterocycles. The fourth-order valence-corrected chi connectivity index (χ4v) is 3.95. The van der Waals surface area contributed by atoms with Crippen molar-refractivity contribution in [3.8, 4) is 0 Å². The Morgan fingerprint density at radius 1 is 1.38 bits per heavy atom. The van der Waals surface area contributed by atoms with Crippen LogP contribution in [0.15, 0.2) is 29.3 Å². The van der Waals surface area contributed by atoms with Crippen LogP contribution in [-0.2, 0) is 11.3 Å². The molecule has 0 bridgehead atoms. The summed E-state index contributed by atoms with van der Waals surface area (Å²) in [6.07, 6.45) is -2.15. The molecule has 2 aliphatic heterocycles. The molecule has 0 spiro atoms. The number of alkyl halides is 3. The molecule has 0 N–H and O–H groups in total. The average Bonchev–Trinajstić information content (AvgIpc) is 3.05. The fourth-order valence-electron chi connectivity index (χ4n) is 3.95. The van der Waals surface area contributed by atoms with Gasteiger partial charge in [0.1, 0.15) is 0 Å². The number of ether oxygens (including phenoxy) is 1. The van der Waals surface area contributed by atoms with E-state index in [2.05, 4.69) is 9.97 Å². The molecule has 4 rings (SSSR count). The number of halogens is 4. The third-order valence-electron chi connectivity index (χ3n) is 5.92. The third-order valence-corrected chi connectivity index (χ3v) is 5.92. The molecule has 1 saturated heterocycles. The van der Waals surface area contributed by atoms with E-state index in [-0.39, 0.29) is 37.2 Å². The molecule has 0 aliphatic carbocycles. The smallest absolute Gasteiger partial charge is 0.377 e. The van der Waals surface area contributed by atoms with Crippen molar-refractivity contribution in [2.24, 2.45) is 0 Å². The van der Waals surface area contributed by atoms with E-state index < -0.39 is 47.9 Å². The van der Waals surface area contributed by atoms with Crippen LogP contribution in [0.3, 0.4) is 0 Å². The number of nitrogens with zero attached hydrogens (tertiary/aromatic N) is 5. The van der Waals surface area contributed by atoms with Crippen molar-refractivity contribution in [1.82, 2.24) is 14.5 Å². The highest BCUT2D eigenvalue weighted by molar-refractivity contribution is 5.99. The summed E-state index contributed by atoms with van der Waals surface area (Å²) < 4.78 is 63.3. The van der Waals surface area contributed by atoms with Crippen molar-refractivity contribution in [2.45, 2.75) is 38.1 Å². The minimum atomic E-state index is -4.83. The summed E-state index contributed by atoms with van der Waals surface area (Å²) in [5.41, 5.74) is -3.73. The highest BCUT2D eigenvalue weighted by Crippen LogP contribution is 2.43. The molecular formula is C20H21F4N5O3. The minimum absolute atomic E-state index is 0.113. The van der Waals surface area contributed by atoms with E-state index in [1.54, 1.807) is 6.92 Å². The second-order valence-corrected chi connectivity index (χ2v) is 8.08. The van der Waals surface area contributed by atoms with Crippen molar-refractivity contribution in [2.75, 3.05) is 36.1 Å². The molecule has 2 aliphatic rings. The number of carbonyl (C=O) groups is 1. The lowest BCUT2D eigenvalue weighted by atomic mass is 10.00. The van der Waals surface area contributed by atoms with Crippen molar-refractivity contribution in [3.05, 3.63) is 46.3 Å². The van der Waals surface area contributed by atoms with Gasteiger partial charge in [0.25, 0.3) is 5.56 Å². The van der Waals surface area contributed by atoms with Crippen LogP contribution in [0.4, 0.5) is 29.3 Å². The second kappa shape index (κ2) is 7.84. The Labute approximate surface area is 180 Å². The van der Waals surface area contributed by atoms with Gasteiger partial charge in [-0.3, -0.25) is 19.1 Å². The first-order valence-corrected chi connectivity index (χ1v) is 9.97. The highest BCUT2D eigenvalue weighted by Gasteiger charge is 2.60. The maximum absolute atomic E-state index is 15.0. The number of morpholine rings is 1. The van der Waals surface area contributed by atoms with Crippen LogP contribution >= 0.6 is 0 Å². The predicted molar refractivity (Wildman–Crippen MR) is 106 cm³/mol. The number of ketones is 1. The molecule has 1 fully saturated rings. The molecule has 0 amide bonds. The number of hydrogen-bond donors (Lipinski definition) is 0. The Morgan fingerprint density at radius 2 is 2.12 bits per heavy atom. The van der Waals surface area contributed by atoms with Gasteiger partial charge in [0.15, 0.2) is 17.1 Å². The summed E-state index contributed by atoms with van der Waals surface area (Å²) in [6.45, 7) is 1.74. The third kappa shape index (κ3) is 3.51. The average molecular weight is 455 g/mol. The van der Waals surface area contributed by atoms with Crippen molar-refractivity contribution < 1.29 is 27.1 Å². The lowest BCUT2D eigenvalue weighted by Gasteiger charge is -2.37. The Balaban J connectivity index is 1.83. The Bertz CT molecular complexity index is 1090. The van der Waals surface area contributed by atoms with Gasteiger partial charge in [0, 0.05) is 24.5 Å². The molecule has 2 atom stereocenters. The normalized spacial score (nSPS) is 23.4. The second-order valence-electron chi connectivity index (χ2n) is 8.08. The van der Waals surface area contributed by atoms with E-state index in [4.69, 9.17) is 4.74 Å². The molecule has 0 radical (unpaired) electrons. The van der Waals surface area contributed by atoms with E-state index in [9.17, 15) is 27.2 Å². The lowest BCUT2D eigenvalue weighted by Crippen LogP contribution is -2.57. The van der Waals surface area contributed by atoms with Crippen LogP contribution in [0.1, 0.15) is 24.2 Å². The molecule has 12 heteroatoms. The summed E-state index contributed by atoms with van der Waals surface area (Å²) >= 11 is 0. The van der Waals surface area contributed by atoms with Gasteiger partial charge in [0.2, 0.25) is 11.8 Å². The highest BCUT2D eigenvalue weighted by atomic mass is 19.4. The summed E-state index contributed by atoms with van der Waals surface area (Å²) in [7, 11) is 0. The maximum Gasteiger partial charge on any atom is 0.413 e. The van der Waals surface area contributed by atoms with Crippen LogP contribution in [0, 0.1) is 5.82 Å².